The van der Waals surface area contributed by atoms with Crippen molar-refractivity contribution >= 4 is 11.9 Å². The van der Waals surface area contributed by atoms with Crippen LogP contribution < -0.4 is 16.0 Å². The van der Waals surface area contributed by atoms with E-state index < -0.39 is 0 Å². The molecule has 0 bridgehead atoms. The Labute approximate surface area is 144 Å². The number of imide groups is 1. The van der Waals surface area contributed by atoms with Crippen LogP contribution in [0.3, 0.4) is 0 Å². The smallest absolute Gasteiger partial charge is 0.321 e. The zero-order valence-electron chi connectivity index (χ0n) is 14.7. The Morgan fingerprint density at radius 1 is 1.08 bits per heavy atom. The summed E-state index contributed by atoms with van der Waals surface area (Å²) in [5.74, 6) is 0.0427. The zero-order valence-corrected chi connectivity index (χ0v) is 14.7. The lowest BCUT2D eigenvalue weighted by atomic mass is 9.96. The zero-order chi connectivity index (χ0) is 17.4. The molecule has 1 aliphatic carbocycles. The average Bonchev–Trinajstić information content (AvgIpc) is 2.56. The Kier molecular flexibility index (Phi) is 7.25. The Morgan fingerprint density at radius 2 is 1.75 bits per heavy atom. The summed E-state index contributed by atoms with van der Waals surface area (Å²) < 4.78 is 0. The van der Waals surface area contributed by atoms with Crippen molar-refractivity contribution < 1.29 is 9.59 Å². The van der Waals surface area contributed by atoms with Crippen LogP contribution in [0, 0.1) is 5.92 Å². The van der Waals surface area contributed by atoms with E-state index in [1.165, 1.54) is 6.42 Å². The Morgan fingerprint density at radius 3 is 2.38 bits per heavy atom. The van der Waals surface area contributed by atoms with E-state index in [1.807, 2.05) is 30.3 Å². The molecule has 0 aliphatic heterocycles. The fourth-order valence-electron chi connectivity index (χ4n) is 3.24. The van der Waals surface area contributed by atoms with Crippen LogP contribution >= 0.6 is 0 Å². The fourth-order valence-corrected chi connectivity index (χ4v) is 3.24. The number of amides is 3. The van der Waals surface area contributed by atoms with Crippen molar-refractivity contribution in [1.29, 1.82) is 0 Å². The minimum atomic E-state index is -0.380. The summed E-state index contributed by atoms with van der Waals surface area (Å²) >= 11 is 0. The SMILES string of the molecule is CC(C)[C@H](NCC(=O)NC(=O)NC1CCCCC1)c1ccccc1. The molecule has 1 aromatic carbocycles. The summed E-state index contributed by atoms with van der Waals surface area (Å²) in [6.07, 6.45) is 5.53. The minimum absolute atomic E-state index is 0.0818. The van der Waals surface area contributed by atoms with Crippen LogP contribution in [0.5, 0.6) is 0 Å². The van der Waals surface area contributed by atoms with E-state index in [-0.39, 0.29) is 30.6 Å². The molecule has 3 N–H and O–H groups in total. The number of hydrogen-bond donors (Lipinski definition) is 3. The molecule has 132 valence electrons. The van der Waals surface area contributed by atoms with Gasteiger partial charge in [0.1, 0.15) is 0 Å². The molecule has 24 heavy (non-hydrogen) atoms. The van der Waals surface area contributed by atoms with Gasteiger partial charge in [0.05, 0.1) is 6.54 Å². The van der Waals surface area contributed by atoms with Crippen LogP contribution in [0.15, 0.2) is 30.3 Å². The highest BCUT2D eigenvalue weighted by Gasteiger charge is 2.19. The van der Waals surface area contributed by atoms with Crippen molar-refractivity contribution in [3.05, 3.63) is 35.9 Å². The maximum Gasteiger partial charge on any atom is 0.321 e. The van der Waals surface area contributed by atoms with E-state index in [0.29, 0.717) is 5.92 Å². The maximum absolute atomic E-state index is 12.0. The average molecular weight is 331 g/mol. The second-order valence-corrected chi connectivity index (χ2v) is 6.87. The molecule has 0 heterocycles. The van der Waals surface area contributed by atoms with Crippen LogP contribution in [0.25, 0.3) is 0 Å². The van der Waals surface area contributed by atoms with E-state index in [4.69, 9.17) is 0 Å². The molecule has 2 rings (SSSR count). The molecule has 1 aromatic rings. The highest BCUT2D eigenvalue weighted by Crippen LogP contribution is 2.20. The van der Waals surface area contributed by atoms with Gasteiger partial charge in [0, 0.05) is 12.1 Å². The van der Waals surface area contributed by atoms with Crippen molar-refractivity contribution in [3.8, 4) is 0 Å². The molecule has 0 saturated heterocycles. The van der Waals surface area contributed by atoms with E-state index >= 15 is 0 Å². The number of nitrogens with one attached hydrogen (secondary N) is 3. The normalized spacial score (nSPS) is 16.6. The maximum atomic E-state index is 12.0. The largest absolute Gasteiger partial charge is 0.335 e. The highest BCUT2D eigenvalue weighted by atomic mass is 16.2. The molecular formula is C19H29N3O2. The Balaban J connectivity index is 1.77. The number of rotatable bonds is 6. The number of benzene rings is 1. The van der Waals surface area contributed by atoms with Gasteiger partial charge in [-0.25, -0.2) is 4.79 Å². The Hall–Kier alpha value is -1.88. The number of carbonyl (C=O) groups excluding carboxylic acids is 2. The van der Waals surface area contributed by atoms with Crippen molar-refractivity contribution in [3.63, 3.8) is 0 Å². The van der Waals surface area contributed by atoms with Gasteiger partial charge in [0.15, 0.2) is 0 Å². The Bertz CT molecular complexity index is 525. The quantitative estimate of drug-likeness (QED) is 0.750. The summed E-state index contributed by atoms with van der Waals surface area (Å²) in [4.78, 5) is 23.9. The van der Waals surface area contributed by atoms with E-state index in [9.17, 15) is 9.59 Å². The second-order valence-electron chi connectivity index (χ2n) is 6.87. The number of urea groups is 1. The van der Waals surface area contributed by atoms with Crippen molar-refractivity contribution in [1.82, 2.24) is 16.0 Å². The van der Waals surface area contributed by atoms with E-state index in [2.05, 4.69) is 29.8 Å². The third-order valence-corrected chi connectivity index (χ3v) is 4.50. The minimum Gasteiger partial charge on any atom is -0.335 e. The third kappa shape index (κ3) is 5.96. The summed E-state index contributed by atoms with van der Waals surface area (Å²) in [7, 11) is 0. The first-order valence-electron chi connectivity index (χ1n) is 8.95. The summed E-state index contributed by atoms with van der Waals surface area (Å²) in [6, 6.07) is 9.95. The molecule has 1 saturated carbocycles. The highest BCUT2D eigenvalue weighted by molar-refractivity contribution is 5.95. The molecule has 1 aliphatic rings. The van der Waals surface area contributed by atoms with Gasteiger partial charge in [-0.15, -0.1) is 0 Å². The van der Waals surface area contributed by atoms with Gasteiger partial charge in [-0.1, -0.05) is 63.4 Å². The molecule has 0 radical (unpaired) electrons. The topological polar surface area (TPSA) is 70.2 Å². The van der Waals surface area contributed by atoms with Gasteiger partial charge in [-0.3, -0.25) is 10.1 Å². The van der Waals surface area contributed by atoms with Gasteiger partial charge < -0.3 is 10.6 Å². The van der Waals surface area contributed by atoms with Crippen LogP contribution in [-0.2, 0) is 4.79 Å². The molecule has 0 aromatic heterocycles. The van der Waals surface area contributed by atoms with E-state index in [0.717, 1.165) is 31.2 Å². The first kappa shape index (κ1) is 18.5. The standard InChI is InChI=1S/C19H29N3O2/c1-14(2)18(15-9-5-3-6-10-15)20-13-17(23)22-19(24)21-16-11-7-4-8-12-16/h3,5-6,9-10,14,16,18,20H,4,7-8,11-13H2,1-2H3,(H2,21,22,23,24)/t18-/m0/s1. The lowest BCUT2D eigenvalue weighted by molar-refractivity contribution is -0.119. The van der Waals surface area contributed by atoms with Gasteiger partial charge >= 0.3 is 6.03 Å². The lowest BCUT2D eigenvalue weighted by Gasteiger charge is -2.24. The number of carbonyl (C=O) groups is 2. The lowest BCUT2D eigenvalue weighted by Crippen LogP contribution is -2.47. The van der Waals surface area contributed by atoms with Gasteiger partial charge in [-0.05, 0) is 24.3 Å². The fraction of sp³-hybridized carbons (Fsp3) is 0.579. The molecule has 3 amide bonds. The van der Waals surface area contributed by atoms with Gasteiger partial charge in [-0.2, -0.15) is 0 Å². The van der Waals surface area contributed by atoms with Gasteiger partial charge in [0.2, 0.25) is 5.91 Å². The number of hydrogen-bond acceptors (Lipinski definition) is 3. The summed E-state index contributed by atoms with van der Waals surface area (Å²) in [5, 5.41) is 8.57. The molecular weight excluding hydrogens is 302 g/mol. The first-order valence-corrected chi connectivity index (χ1v) is 8.95. The molecule has 1 atom stereocenters. The van der Waals surface area contributed by atoms with Crippen molar-refractivity contribution in [2.45, 2.75) is 58.0 Å². The predicted octanol–water partition coefficient (Wildman–Crippen LogP) is 3.13. The third-order valence-electron chi connectivity index (χ3n) is 4.50. The molecule has 0 unspecified atom stereocenters. The predicted molar refractivity (Wildman–Crippen MR) is 95.6 cm³/mol. The van der Waals surface area contributed by atoms with Crippen LogP contribution in [0.4, 0.5) is 4.79 Å². The van der Waals surface area contributed by atoms with Crippen LogP contribution in [0.2, 0.25) is 0 Å². The van der Waals surface area contributed by atoms with Crippen molar-refractivity contribution in [2.75, 3.05) is 6.54 Å². The molecule has 5 nitrogen and oxygen atoms in total. The van der Waals surface area contributed by atoms with Crippen LogP contribution in [-0.4, -0.2) is 24.5 Å². The second kappa shape index (κ2) is 9.42. The summed E-state index contributed by atoms with van der Waals surface area (Å²) in [6.45, 7) is 4.34. The molecule has 5 heteroatoms. The monoisotopic (exact) mass is 331 g/mol. The van der Waals surface area contributed by atoms with E-state index in [1.54, 1.807) is 0 Å². The molecule has 1 fully saturated rings. The van der Waals surface area contributed by atoms with Crippen molar-refractivity contribution in [2.24, 2.45) is 5.92 Å². The van der Waals surface area contributed by atoms with Crippen LogP contribution in [0.1, 0.15) is 57.6 Å². The first-order chi connectivity index (χ1) is 11.6. The molecule has 0 spiro atoms. The summed E-state index contributed by atoms with van der Waals surface area (Å²) in [5.41, 5.74) is 1.15. The van der Waals surface area contributed by atoms with Gasteiger partial charge in [0.25, 0.3) is 0 Å².